The van der Waals surface area contributed by atoms with E-state index in [2.05, 4.69) is 4.74 Å². The summed E-state index contributed by atoms with van der Waals surface area (Å²) >= 11 is 0. The molecule has 2 nitrogen and oxygen atoms in total. The summed E-state index contributed by atoms with van der Waals surface area (Å²) in [5.41, 5.74) is 0.295. The Kier molecular flexibility index (Phi) is 2.07. The Bertz CT molecular complexity index is 303. The lowest BCUT2D eigenvalue weighted by Gasteiger charge is -1.99. The van der Waals surface area contributed by atoms with Gasteiger partial charge in [0.25, 0.3) is 0 Å². The molecule has 1 aromatic rings. The van der Waals surface area contributed by atoms with E-state index in [4.69, 9.17) is 5.26 Å². The van der Waals surface area contributed by atoms with Crippen LogP contribution in [0.2, 0.25) is 0 Å². The van der Waals surface area contributed by atoms with Gasteiger partial charge in [0.1, 0.15) is 0 Å². The van der Waals surface area contributed by atoms with Gasteiger partial charge in [-0.2, -0.15) is 5.26 Å². The van der Waals surface area contributed by atoms with E-state index >= 15 is 0 Å². The molecular weight excluding hydrogens is 144 g/mol. The standard InChI is InChI=1S/C8H6FNO/c1-11-8-3-2-6(5-10)4-7(8)9/h2-4H,1H3/i5-1. The van der Waals surface area contributed by atoms with Crippen molar-refractivity contribution >= 4 is 0 Å². The molecular formula is C8H6FNO. The quantitative estimate of drug-likeness (QED) is 0.610. The van der Waals surface area contributed by atoms with E-state index in [1.807, 2.05) is 6.07 Å². The van der Waals surface area contributed by atoms with E-state index < -0.39 is 5.82 Å². The van der Waals surface area contributed by atoms with Crippen LogP contribution < -0.4 is 4.74 Å². The maximum Gasteiger partial charge on any atom is 0.166 e. The lowest BCUT2D eigenvalue weighted by atomic mass is 10.0. The van der Waals surface area contributed by atoms with Crippen LogP contribution in [0.3, 0.4) is 0 Å². The Morgan fingerprint density at radius 3 is 2.73 bits per heavy atom. The Morgan fingerprint density at radius 2 is 2.27 bits per heavy atom. The second kappa shape index (κ2) is 3.02. The lowest BCUT2D eigenvalue weighted by molar-refractivity contribution is 0.386. The zero-order valence-electron chi connectivity index (χ0n) is 5.97. The first-order chi connectivity index (χ1) is 5.27. The second-order valence-electron chi connectivity index (χ2n) is 1.96. The Labute approximate surface area is 63.8 Å². The zero-order valence-corrected chi connectivity index (χ0v) is 5.97. The van der Waals surface area contributed by atoms with Gasteiger partial charge in [-0.15, -0.1) is 0 Å². The molecule has 56 valence electrons. The molecule has 0 aliphatic carbocycles. The Morgan fingerprint density at radius 1 is 1.55 bits per heavy atom. The Balaban J connectivity index is 3.12. The number of methoxy groups -OCH3 is 1. The SMILES string of the molecule is COc1ccc([11C]#N)cc1F. The molecule has 1 aromatic carbocycles. The molecule has 0 saturated carbocycles. The molecule has 3 heteroatoms. The van der Waals surface area contributed by atoms with Gasteiger partial charge < -0.3 is 4.74 Å². The van der Waals surface area contributed by atoms with Crippen LogP contribution in [0.25, 0.3) is 0 Å². The number of ether oxygens (including phenoxy) is 1. The summed E-state index contributed by atoms with van der Waals surface area (Å²) < 4.78 is 17.4. The predicted molar refractivity (Wildman–Crippen MR) is 37.7 cm³/mol. The molecule has 0 saturated heterocycles. The summed E-state index contributed by atoms with van der Waals surface area (Å²) in [7, 11) is 1.38. The average molecular weight is 150 g/mol. The highest BCUT2D eigenvalue weighted by atomic mass is 19.1. The third kappa shape index (κ3) is 1.47. The number of hydrogen-bond acceptors (Lipinski definition) is 2. The van der Waals surface area contributed by atoms with Crippen molar-refractivity contribution in [1.29, 1.82) is 5.26 Å². The van der Waals surface area contributed by atoms with E-state index in [1.54, 1.807) is 0 Å². The van der Waals surface area contributed by atoms with Crippen LogP contribution in [0.1, 0.15) is 5.56 Å². The van der Waals surface area contributed by atoms with Crippen molar-refractivity contribution in [3.8, 4) is 11.8 Å². The van der Waals surface area contributed by atoms with Crippen molar-refractivity contribution in [2.24, 2.45) is 0 Å². The third-order valence-corrected chi connectivity index (χ3v) is 1.28. The van der Waals surface area contributed by atoms with E-state index in [-0.39, 0.29) is 5.75 Å². The maximum atomic E-state index is 12.8. The number of nitrogens with zero attached hydrogens (tertiary/aromatic N) is 1. The smallest absolute Gasteiger partial charge is 0.166 e. The zero-order chi connectivity index (χ0) is 8.27. The van der Waals surface area contributed by atoms with Crippen LogP contribution in [0.15, 0.2) is 18.2 Å². The fraction of sp³-hybridized carbons (Fsp3) is 0.125. The van der Waals surface area contributed by atoms with Gasteiger partial charge in [-0.1, -0.05) is 0 Å². The van der Waals surface area contributed by atoms with Crippen molar-refractivity contribution in [3.63, 3.8) is 0 Å². The fourth-order valence-corrected chi connectivity index (χ4v) is 0.736. The molecule has 0 fully saturated rings. The minimum atomic E-state index is -0.508. The van der Waals surface area contributed by atoms with Gasteiger partial charge in [0.2, 0.25) is 0 Å². The van der Waals surface area contributed by atoms with E-state index in [0.29, 0.717) is 5.56 Å². The minimum Gasteiger partial charge on any atom is -0.494 e. The molecule has 0 heterocycles. The van der Waals surface area contributed by atoms with Gasteiger partial charge in [0.05, 0.1) is 18.7 Å². The summed E-state index contributed by atoms with van der Waals surface area (Å²) in [6.45, 7) is 0. The largest absolute Gasteiger partial charge is 0.494 e. The van der Waals surface area contributed by atoms with Crippen LogP contribution in [-0.2, 0) is 0 Å². The summed E-state index contributed by atoms with van der Waals surface area (Å²) in [6, 6.07) is 5.89. The lowest BCUT2D eigenvalue weighted by Crippen LogP contribution is -1.87. The first-order valence-electron chi connectivity index (χ1n) is 3.01. The van der Waals surface area contributed by atoms with Crippen LogP contribution in [0, 0.1) is 17.1 Å². The van der Waals surface area contributed by atoms with E-state index in [0.717, 1.165) is 6.07 Å². The van der Waals surface area contributed by atoms with Crippen molar-refractivity contribution in [2.75, 3.05) is 7.11 Å². The molecule has 0 aliphatic heterocycles. The Hall–Kier alpha value is -1.56. The molecule has 11 heavy (non-hydrogen) atoms. The molecule has 1 rings (SSSR count). The minimum absolute atomic E-state index is 0.156. The highest BCUT2D eigenvalue weighted by Gasteiger charge is 2.01. The normalized spacial score (nSPS) is 8.82. The molecule has 0 bridgehead atoms. The molecule has 0 atom stereocenters. The number of benzene rings is 1. The molecule has 0 aliphatic rings. The van der Waals surface area contributed by atoms with Gasteiger partial charge in [-0.3, -0.25) is 0 Å². The van der Waals surface area contributed by atoms with Crippen molar-refractivity contribution in [1.82, 2.24) is 0 Å². The summed E-state index contributed by atoms with van der Waals surface area (Å²) in [6.07, 6.45) is 0. The van der Waals surface area contributed by atoms with Gasteiger partial charge in [-0.05, 0) is 18.2 Å². The molecule has 0 aromatic heterocycles. The van der Waals surface area contributed by atoms with E-state index in [1.165, 1.54) is 19.2 Å². The predicted octanol–water partition coefficient (Wildman–Crippen LogP) is 1.71. The van der Waals surface area contributed by atoms with Gasteiger partial charge >= 0.3 is 0 Å². The first kappa shape index (κ1) is 7.55. The molecule has 0 radical (unpaired) electrons. The third-order valence-electron chi connectivity index (χ3n) is 1.28. The highest BCUT2D eigenvalue weighted by Crippen LogP contribution is 2.16. The monoisotopic (exact) mass is 150 g/mol. The molecule has 0 unspecified atom stereocenters. The average Bonchev–Trinajstić information content (AvgIpc) is 2.04. The summed E-state index contributed by atoms with van der Waals surface area (Å²) in [5, 5.41) is 8.37. The highest BCUT2D eigenvalue weighted by molar-refractivity contribution is 5.35. The maximum absolute atomic E-state index is 12.8. The van der Waals surface area contributed by atoms with Crippen LogP contribution in [0.5, 0.6) is 5.75 Å². The fourth-order valence-electron chi connectivity index (χ4n) is 0.736. The van der Waals surface area contributed by atoms with E-state index in [9.17, 15) is 4.39 Å². The number of nitriles is 1. The first-order valence-corrected chi connectivity index (χ1v) is 3.01. The van der Waals surface area contributed by atoms with Crippen LogP contribution in [-0.4, -0.2) is 7.11 Å². The molecule has 0 N–H and O–H groups in total. The van der Waals surface area contributed by atoms with Gasteiger partial charge in [-0.25, -0.2) is 4.39 Å². The number of rotatable bonds is 1. The van der Waals surface area contributed by atoms with Gasteiger partial charge in [0.15, 0.2) is 11.6 Å². The van der Waals surface area contributed by atoms with Gasteiger partial charge in [0, 0.05) is 0 Å². The second-order valence-corrected chi connectivity index (χ2v) is 1.96. The number of hydrogen-bond donors (Lipinski definition) is 0. The summed E-state index contributed by atoms with van der Waals surface area (Å²) in [4.78, 5) is 0. The van der Waals surface area contributed by atoms with Crippen molar-refractivity contribution in [2.45, 2.75) is 0 Å². The van der Waals surface area contributed by atoms with Crippen LogP contribution >= 0.6 is 0 Å². The van der Waals surface area contributed by atoms with Crippen molar-refractivity contribution < 1.29 is 9.13 Å². The molecule has 0 spiro atoms. The molecule has 0 amide bonds. The van der Waals surface area contributed by atoms with Crippen LogP contribution in [0.4, 0.5) is 4.39 Å². The number of halogens is 1. The summed E-state index contributed by atoms with van der Waals surface area (Å²) in [5.74, 6) is -0.351. The topological polar surface area (TPSA) is 33.0 Å². The van der Waals surface area contributed by atoms with Crippen molar-refractivity contribution in [3.05, 3.63) is 29.6 Å².